The van der Waals surface area contributed by atoms with E-state index in [0.29, 0.717) is 12.4 Å². The van der Waals surface area contributed by atoms with Crippen LogP contribution in [0.1, 0.15) is 0 Å². The Labute approximate surface area is 207 Å². The van der Waals surface area contributed by atoms with E-state index >= 15 is 0 Å². The molecule has 0 saturated heterocycles. The molecule has 0 amide bonds. The van der Waals surface area contributed by atoms with Gasteiger partial charge in [-0.2, -0.15) is 5.10 Å². The van der Waals surface area contributed by atoms with Gasteiger partial charge in [-0.05, 0) is 50.5 Å². The largest absolute Gasteiger partial charge is 0.491 e. The number of rotatable bonds is 7. The Kier molecular flexibility index (Phi) is 5.59. The number of H-pyrrole nitrogens is 2. The Hall–Kier alpha value is -4.63. The Morgan fingerprint density at radius 3 is 2.61 bits per heavy atom. The second-order valence-electron chi connectivity index (χ2n) is 8.77. The van der Waals surface area contributed by atoms with Gasteiger partial charge < -0.3 is 14.6 Å². The third kappa shape index (κ3) is 4.16. The van der Waals surface area contributed by atoms with E-state index in [1.165, 1.54) is 0 Å². The molecule has 0 aliphatic carbocycles. The lowest BCUT2D eigenvalue weighted by Gasteiger charge is -2.11. The van der Waals surface area contributed by atoms with Gasteiger partial charge in [-0.3, -0.25) is 25.0 Å². The van der Waals surface area contributed by atoms with Crippen LogP contribution in [0.2, 0.25) is 0 Å². The lowest BCUT2D eigenvalue weighted by molar-refractivity contribution is 0.261. The van der Waals surface area contributed by atoms with E-state index in [1.54, 1.807) is 31.0 Å². The second kappa shape index (κ2) is 9.20. The van der Waals surface area contributed by atoms with Crippen molar-refractivity contribution >= 4 is 21.8 Å². The number of aromatic nitrogens is 7. The predicted octanol–water partition coefficient (Wildman–Crippen LogP) is 4.57. The average Bonchev–Trinajstić information content (AvgIpc) is 3.53. The van der Waals surface area contributed by atoms with Crippen LogP contribution in [0.15, 0.2) is 73.4 Å². The van der Waals surface area contributed by atoms with Gasteiger partial charge in [0.15, 0.2) is 0 Å². The normalized spacial score (nSPS) is 11.5. The van der Waals surface area contributed by atoms with Crippen molar-refractivity contribution in [2.24, 2.45) is 0 Å². The molecule has 0 radical (unpaired) electrons. The summed E-state index contributed by atoms with van der Waals surface area (Å²) >= 11 is 0. The molecule has 36 heavy (non-hydrogen) atoms. The maximum atomic E-state index is 5.86. The van der Waals surface area contributed by atoms with Crippen molar-refractivity contribution in [1.29, 1.82) is 0 Å². The molecule has 0 saturated carbocycles. The number of hydrogen-bond acceptors (Lipinski definition) is 7. The van der Waals surface area contributed by atoms with Crippen molar-refractivity contribution in [2.75, 3.05) is 27.2 Å². The summed E-state index contributed by atoms with van der Waals surface area (Å²) in [4.78, 5) is 23.6. The van der Waals surface area contributed by atoms with Crippen LogP contribution in [0.4, 0.5) is 0 Å². The minimum Gasteiger partial charge on any atom is -0.491 e. The first-order valence-electron chi connectivity index (χ1n) is 11.6. The van der Waals surface area contributed by atoms with Crippen LogP contribution in [0, 0.1) is 0 Å². The zero-order valence-corrected chi connectivity index (χ0v) is 19.9. The Morgan fingerprint density at radius 1 is 0.833 bits per heavy atom. The van der Waals surface area contributed by atoms with E-state index in [4.69, 9.17) is 4.74 Å². The van der Waals surface area contributed by atoms with Gasteiger partial charge in [0.25, 0.3) is 0 Å². The highest BCUT2D eigenvalue weighted by Gasteiger charge is 2.16. The maximum absolute atomic E-state index is 5.86. The fourth-order valence-electron chi connectivity index (χ4n) is 4.15. The van der Waals surface area contributed by atoms with Gasteiger partial charge in [-0.1, -0.05) is 6.07 Å². The van der Waals surface area contributed by atoms with Gasteiger partial charge in [0.2, 0.25) is 0 Å². The summed E-state index contributed by atoms with van der Waals surface area (Å²) in [6, 6.07) is 13.8. The number of hydrogen-bond donors (Lipinski definition) is 2. The van der Waals surface area contributed by atoms with E-state index in [1.807, 2.05) is 50.5 Å². The Morgan fingerprint density at radius 2 is 1.75 bits per heavy atom. The Bertz CT molecular complexity index is 1660. The highest BCUT2D eigenvalue weighted by molar-refractivity contribution is 6.00. The van der Waals surface area contributed by atoms with Crippen molar-refractivity contribution in [3.05, 3.63) is 73.4 Å². The third-order valence-electron chi connectivity index (χ3n) is 5.97. The molecule has 2 N–H and O–H groups in total. The molecular formula is C27H24N8O. The molecule has 0 fully saturated rings. The van der Waals surface area contributed by atoms with E-state index in [9.17, 15) is 0 Å². The monoisotopic (exact) mass is 476 g/mol. The third-order valence-corrected chi connectivity index (χ3v) is 5.97. The maximum Gasteiger partial charge on any atom is 0.138 e. The minimum absolute atomic E-state index is 0.589. The quantitative estimate of drug-likeness (QED) is 0.348. The summed E-state index contributed by atoms with van der Waals surface area (Å²) in [5.74, 6) is 0.717. The molecule has 6 aromatic rings. The first kappa shape index (κ1) is 21.9. The smallest absolute Gasteiger partial charge is 0.138 e. The van der Waals surface area contributed by atoms with Gasteiger partial charge >= 0.3 is 0 Å². The molecule has 0 atom stereocenters. The topological polar surface area (TPSA) is 109 Å². The van der Waals surface area contributed by atoms with E-state index in [-0.39, 0.29) is 0 Å². The zero-order valence-electron chi connectivity index (χ0n) is 19.9. The first-order chi connectivity index (χ1) is 17.7. The van der Waals surface area contributed by atoms with Crippen LogP contribution in [-0.4, -0.2) is 67.3 Å². The van der Waals surface area contributed by atoms with Crippen molar-refractivity contribution in [3.8, 4) is 39.8 Å². The van der Waals surface area contributed by atoms with E-state index < -0.39 is 0 Å². The van der Waals surface area contributed by atoms with Crippen LogP contribution in [-0.2, 0) is 0 Å². The summed E-state index contributed by atoms with van der Waals surface area (Å²) in [6.45, 7) is 1.42. The summed E-state index contributed by atoms with van der Waals surface area (Å²) in [5.41, 5.74) is 6.84. The molecule has 9 heteroatoms. The SMILES string of the molecule is CN(C)CCOc1cncc(-c2cc3c(-c4cc5c(-c6ccccn6)nccc5[nH]4)n[nH]c3cn2)c1. The fourth-order valence-corrected chi connectivity index (χ4v) is 4.15. The summed E-state index contributed by atoms with van der Waals surface area (Å²) in [6.07, 6.45) is 8.87. The van der Waals surface area contributed by atoms with Crippen molar-refractivity contribution in [2.45, 2.75) is 0 Å². The summed E-state index contributed by atoms with van der Waals surface area (Å²) < 4.78 is 5.86. The number of likely N-dealkylation sites (N-methyl/N-ethyl adjacent to an activating group) is 1. The number of ether oxygens (including phenoxy) is 1. The number of fused-ring (bicyclic) bond motifs is 2. The summed E-state index contributed by atoms with van der Waals surface area (Å²) in [5, 5.41) is 9.64. The van der Waals surface area contributed by atoms with E-state index in [2.05, 4.69) is 46.1 Å². The van der Waals surface area contributed by atoms with Crippen molar-refractivity contribution in [3.63, 3.8) is 0 Å². The lowest BCUT2D eigenvalue weighted by Crippen LogP contribution is -2.19. The molecule has 0 aromatic carbocycles. The number of nitrogens with one attached hydrogen (secondary N) is 2. The molecule has 0 aliphatic heterocycles. The van der Waals surface area contributed by atoms with E-state index in [0.717, 1.165) is 62.4 Å². The number of aromatic amines is 2. The van der Waals surface area contributed by atoms with Gasteiger partial charge in [0, 0.05) is 47.0 Å². The van der Waals surface area contributed by atoms with Gasteiger partial charge in [0.05, 0.1) is 40.7 Å². The first-order valence-corrected chi connectivity index (χ1v) is 11.6. The molecule has 178 valence electrons. The molecule has 0 unspecified atom stereocenters. The van der Waals surface area contributed by atoms with Gasteiger partial charge in [-0.15, -0.1) is 0 Å². The van der Waals surface area contributed by atoms with Crippen LogP contribution >= 0.6 is 0 Å². The molecular weight excluding hydrogens is 452 g/mol. The predicted molar refractivity (Wildman–Crippen MR) is 139 cm³/mol. The standard InChI is InChI=1S/C27H24N8O/c1-35(2)9-10-36-18-11-17(14-28-15-18)23-12-20-25(16-31-23)33-34-27(20)24-13-19-21(32-24)6-8-30-26(19)22-5-3-4-7-29-22/h3-8,11-16,32H,9-10H2,1-2H3,(H,33,34). The fraction of sp³-hybridized carbons (Fsp3) is 0.148. The second-order valence-corrected chi connectivity index (χ2v) is 8.77. The molecule has 0 spiro atoms. The molecule has 0 aliphatic rings. The molecule has 9 nitrogen and oxygen atoms in total. The highest BCUT2D eigenvalue weighted by Crippen LogP contribution is 2.33. The van der Waals surface area contributed by atoms with Gasteiger partial charge in [-0.25, -0.2) is 0 Å². The molecule has 6 aromatic heterocycles. The minimum atomic E-state index is 0.589. The van der Waals surface area contributed by atoms with Crippen molar-refractivity contribution in [1.82, 2.24) is 40.0 Å². The van der Waals surface area contributed by atoms with Crippen LogP contribution in [0.25, 0.3) is 55.8 Å². The van der Waals surface area contributed by atoms with Gasteiger partial charge in [0.1, 0.15) is 18.1 Å². The molecule has 0 bridgehead atoms. The number of nitrogens with zero attached hydrogens (tertiary/aromatic N) is 6. The Balaban J connectivity index is 1.38. The highest BCUT2D eigenvalue weighted by atomic mass is 16.5. The molecule has 6 rings (SSSR count). The lowest BCUT2D eigenvalue weighted by atomic mass is 10.1. The van der Waals surface area contributed by atoms with Crippen LogP contribution < -0.4 is 4.74 Å². The van der Waals surface area contributed by atoms with Crippen LogP contribution in [0.3, 0.4) is 0 Å². The number of pyridine rings is 4. The average molecular weight is 477 g/mol. The molecule has 6 heterocycles. The van der Waals surface area contributed by atoms with Crippen LogP contribution in [0.5, 0.6) is 5.75 Å². The summed E-state index contributed by atoms with van der Waals surface area (Å²) in [7, 11) is 4.03. The van der Waals surface area contributed by atoms with Crippen molar-refractivity contribution < 1.29 is 4.74 Å². The zero-order chi connectivity index (χ0) is 24.5.